The lowest BCUT2D eigenvalue weighted by molar-refractivity contribution is 0.0914. The van der Waals surface area contributed by atoms with Gasteiger partial charge in [0.15, 0.2) is 0 Å². The maximum absolute atomic E-state index is 13.3. The van der Waals surface area contributed by atoms with E-state index >= 15 is 0 Å². The molecule has 9 heteroatoms. The Morgan fingerprint density at radius 3 is 2.35 bits per heavy atom. The number of nitrogens with zero attached hydrogens (tertiary/aromatic N) is 4. The second-order valence-electron chi connectivity index (χ2n) is 7.19. The van der Waals surface area contributed by atoms with Crippen LogP contribution in [0, 0.1) is 20.8 Å². The zero-order chi connectivity index (χ0) is 18.5. The molecule has 0 saturated carbocycles. The number of hydrogen-bond donors (Lipinski definition) is 1. The normalized spacial score (nSPS) is 26.2. The van der Waals surface area contributed by atoms with E-state index in [2.05, 4.69) is 20.2 Å². The first kappa shape index (κ1) is 17.4. The zero-order valence-corrected chi connectivity index (χ0v) is 16.0. The molecule has 8 nitrogen and oxygen atoms in total. The third kappa shape index (κ3) is 2.88. The largest absolute Gasteiger partial charge is 0.473 e. The molecule has 4 rings (SSSR count). The summed E-state index contributed by atoms with van der Waals surface area (Å²) >= 11 is 0. The van der Waals surface area contributed by atoms with Crippen LogP contribution in [0.4, 0.5) is 0 Å². The highest BCUT2D eigenvalue weighted by molar-refractivity contribution is 7.89. The molecule has 4 heterocycles. The smallest absolute Gasteiger partial charge is 0.247 e. The van der Waals surface area contributed by atoms with Crippen molar-refractivity contribution in [1.29, 1.82) is 0 Å². The average Bonchev–Trinajstić information content (AvgIpc) is 3.07. The molecule has 1 N–H and O–H groups in total. The summed E-state index contributed by atoms with van der Waals surface area (Å²) in [5.41, 5.74) is 1.95. The number of piperidine rings is 1. The summed E-state index contributed by atoms with van der Waals surface area (Å²) in [6.07, 6.45) is 6.32. The van der Waals surface area contributed by atoms with Crippen molar-refractivity contribution in [2.45, 2.75) is 69.5 Å². The van der Waals surface area contributed by atoms with Crippen LogP contribution >= 0.6 is 0 Å². The molecular formula is C17H23N5O3S. The highest BCUT2D eigenvalue weighted by Gasteiger charge is 2.49. The van der Waals surface area contributed by atoms with E-state index in [0.29, 0.717) is 35.0 Å². The fourth-order valence-electron chi connectivity index (χ4n) is 4.21. The van der Waals surface area contributed by atoms with Gasteiger partial charge in [-0.05, 0) is 33.6 Å². The minimum atomic E-state index is -3.56. The standard InChI is InChI=1S/C17H23N5O3S/c1-10-8-19-16(9-18-10)25-15-6-13-4-5-14(7-15)22(13)26(23,24)17-11(2)20-21-12(17)3/h8-9,13-15H,4-7H2,1-3H3,(H,20,21)/t13-,14+,15?. The molecule has 2 aliphatic heterocycles. The van der Waals surface area contributed by atoms with Crippen molar-refractivity contribution in [1.82, 2.24) is 24.5 Å². The van der Waals surface area contributed by atoms with E-state index in [4.69, 9.17) is 4.74 Å². The molecule has 0 amide bonds. The van der Waals surface area contributed by atoms with Gasteiger partial charge in [-0.1, -0.05) is 0 Å². The molecule has 3 atom stereocenters. The first-order valence-corrected chi connectivity index (χ1v) is 10.3. The first-order valence-electron chi connectivity index (χ1n) is 8.86. The third-order valence-electron chi connectivity index (χ3n) is 5.26. The minimum absolute atomic E-state index is 0.0394. The Morgan fingerprint density at radius 2 is 1.81 bits per heavy atom. The van der Waals surface area contributed by atoms with E-state index in [0.717, 1.165) is 18.5 Å². The van der Waals surface area contributed by atoms with E-state index in [1.807, 2.05) is 6.92 Å². The van der Waals surface area contributed by atoms with Crippen LogP contribution in [-0.2, 0) is 10.0 Å². The Morgan fingerprint density at radius 1 is 1.12 bits per heavy atom. The second-order valence-corrected chi connectivity index (χ2v) is 8.97. The van der Waals surface area contributed by atoms with Crippen molar-refractivity contribution >= 4 is 10.0 Å². The SMILES string of the molecule is Cc1cnc(OC2C[C@H]3CC[C@@H](C2)N3S(=O)(=O)c2c(C)n[nH]c2C)cn1. The van der Waals surface area contributed by atoms with Gasteiger partial charge in [0.05, 0.1) is 29.5 Å². The number of aryl methyl sites for hydroxylation is 3. The number of H-pyrrole nitrogens is 1. The highest BCUT2D eigenvalue weighted by atomic mass is 32.2. The molecule has 2 bridgehead atoms. The summed E-state index contributed by atoms with van der Waals surface area (Å²) in [4.78, 5) is 8.76. The predicted molar refractivity (Wildman–Crippen MR) is 94.3 cm³/mol. The average molecular weight is 377 g/mol. The van der Waals surface area contributed by atoms with Crippen molar-refractivity contribution < 1.29 is 13.2 Å². The fourth-order valence-corrected chi connectivity index (χ4v) is 6.44. The van der Waals surface area contributed by atoms with Crippen LogP contribution in [0.2, 0.25) is 0 Å². The molecule has 1 unspecified atom stereocenters. The zero-order valence-electron chi connectivity index (χ0n) is 15.1. The number of aromatic nitrogens is 4. The number of ether oxygens (including phenoxy) is 1. The van der Waals surface area contributed by atoms with Gasteiger partial charge in [0.1, 0.15) is 11.0 Å². The van der Waals surface area contributed by atoms with Crippen LogP contribution in [0.1, 0.15) is 42.8 Å². The van der Waals surface area contributed by atoms with Crippen LogP contribution in [0.5, 0.6) is 5.88 Å². The molecule has 140 valence electrons. The van der Waals surface area contributed by atoms with Gasteiger partial charge in [-0.15, -0.1) is 0 Å². The maximum Gasteiger partial charge on any atom is 0.247 e. The first-order chi connectivity index (χ1) is 12.4. The lowest BCUT2D eigenvalue weighted by atomic mass is 10.0. The van der Waals surface area contributed by atoms with E-state index in [-0.39, 0.29) is 18.2 Å². The van der Waals surface area contributed by atoms with E-state index < -0.39 is 10.0 Å². The number of rotatable bonds is 4. The molecule has 0 aromatic carbocycles. The van der Waals surface area contributed by atoms with E-state index in [1.165, 1.54) is 0 Å². The molecule has 2 aliphatic rings. The Labute approximate surface area is 153 Å². The summed E-state index contributed by atoms with van der Waals surface area (Å²) in [7, 11) is -3.56. The van der Waals surface area contributed by atoms with Gasteiger partial charge >= 0.3 is 0 Å². The number of sulfonamides is 1. The Bertz CT molecular complexity index is 875. The Hall–Kier alpha value is -2.00. The number of fused-ring (bicyclic) bond motifs is 2. The third-order valence-corrected chi connectivity index (χ3v) is 7.53. The number of aromatic amines is 1. The molecule has 0 radical (unpaired) electrons. The predicted octanol–water partition coefficient (Wildman–Crippen LogP) is 1.89. The van der Waals surface area contributed by atoms with Crippen molar-refractivity contribution in [3.63, 3.8) is 0 Å². The van der Waals surface area contributed by atoms with Crippen LogP contribution in [0.25, 0.3) is 0 Å². The summed E-state index contributed by atoms with van der Waals surface area (Å²) in [5.74, 6) is 0.498. The summed E-state index contributed by atoms with van der Waals surface area (Å²) in [5, 5.41) is 6.84. The second kappa shape index (κ2) is 6.31. The summed E-state index contributed by atoms with van der Waals surface area (Å²) < 4.78 is 34.2. The van der Waals surface area contributed by atoms with Gasteiger partial charge in [0.25, 0.3) is 0 Å². The van der Waals surface area contributed by atoms with Crippen molar-refractivity contribution in [2.75, 3.05) is 0 Å². The molecule has 0 spiro atoms. The topological polar surface area (TPSA) is 101 Å². The van der Waals surface area contributed by atoms with E-state index in [9.17, 15) is 8.42 Å². The van der Waals surface area contributed by atoms with Crippen LogP contribution in [-0.4, -0.2) is 51.1 Å². The molecule has 26 heavy (non-hydrogen) atoms. The van der Waals surface area contributed by atoms with Crippen LogP contribution in [0.3, 0.4) is 0 Å². The fraction of sp³-hybridized carbons (Fsp3) is 0.588. The number of hydrogen-bond acceptors (Lipinski definition) is 6. The van der Waals surface area contributed by atoms with Gasteiger partial charge in [-0.25, -0.2) is 13.4 Å². The van der Waals surface area contributed by atoms with Gasteiger partial charge in [0, 0.05) is 24.9 Å². The molecule has 2 aromatic rings. The maximum atomic E-state index is 13.3. The quantitative estimate of drug-likeness (QED) is 0.873. The summed E-state index contributed by atoms with van der Waals surface area (Å²) in [6.45, 7) is 5.35. The summed E-state index contributed by atoms with van der Waals surface area (Å²) in [6, 6.07) is -0.0910. The van der Waals surface area contributed by atoms with Gasteiger partial charge in [-0.2, -0.15) is 9.40 Å². The van der Waals surface area contributed by atoms with E-state index in [1.54, 1.807) is 30.5 Å². The Kier molecular flexibility index (Phi) is 4.23. The van der Waals surface area contributed by atoms with Crippen molar-refractivity contribution in [3.8, 4) is 5.88 Å². The molecule has 0 aliphatic carbocycles. The van der Waals surface area contributed by atoms with Gasteiger partial charge in [-0.3, -0.25) is 10.1 Å². The number of nitrogens with one attached hydrogen (secondary N) is 1. The lowest BCUT2D eigenvalue weighted by Crippen LogP contribution is -2.49. The lowest BCUT2D eigenvalue weighted by Gasteiger charge is -2.37. The minimum Gasteiger partial charge on any atom is -0.473 e. The Balaban J connectivity index is 1.55. The van der Waals surface area contributed by atoms with Gasteiger partial charge in [0.2, 0.25) is 15.9 Å². The van der Waals surface area contributed by atoms with Crippen molar-refractivity contribution in [2.24, 2.45) is 0 Å². The van der Waals surface area contributed by atoms with Gasteiger partial charge < -0.3 is 4.74 Å². The van der Waals surface area contributed by atoms with Crippen LogP contribution in [0.15, 0.2) is 17.3 Å². The van der Waals surface area contributed by atoms with Crippen LogP contribution < -0.4 is 4.74 Å². The molecular weight excluding hydrogens is 354 g/mol. The molecule has 2 saturated heterocycles. The van der Waals surface area contributed by atoms with Crippen molar-refractivity contribution in [3.05, 3.63) is 29.5 Å². The monoisotopic (exact) mass is 377 g/mol. The molecule has 2 aromatic heterocycles. The molecule has 2 fully saturated rings. The highest BCUT2D eigenvalue weighted by Crippen LogP contribution is 2.41.